The fraction of sp³-hybridized carbons (Fsp3) is 0.150. The third kappa shape index (κ3) is 3.25. The summed E-state index contributed by atoms with van der Waals surface area (Å²) in [5.41, 5.74) is 1.68. The Kier molecular flexibility index (Phi) is 4.60. The van der Waals surface area contributed by atoms with Crippen LogP contribution in [0.5, 0.6) is 5.75 Å². The molecule has 8 heteroatoms. The number of ether oxygens (including phenoxy) is 1. The SMILES string of the molecule is COc1ccc2nc(NS(=O)(=O)c3cccc4c(N(C)C)cccc34)sc2c1. The number of sulfonamides is 1. The van der Waals surface area contributed by atoms with Crippen LogP contribution < -0.4 is 14.4 Å². The smallest absolute Gasteiger partial charge is 0.264 e. The standard InChI is InChI=1S/C20H19N3O3S2/c1-23(2)17-8-4-7-15-14(17)6-5-9-19(15)28(24,25)22-20-21-16-11-10-13(26-3)12-18(16)27-20/h4-12H,1-3H3,(H,21,22). The number of aromatic nitrogens is 1. The molecule has 0 spiro atoms. The number of rotatable bonds is 5. The summed E-state index contributed by atoms with van der Waals surface area (Å²) in [6, 6.07) is 16.4. The van der Waals surface area contributed by atoms with Crippen molar-refractivity contribution in [3.63, 3.8) is 0 Å². The highest BCUT2D eigenvalue weighted by molar-refractivity contribution is 7.93. The first-order valence-electron chi connectivity index (χ1n) is 8.55. The first-order valence-corrected chi connectivity index (χ1v) is 10.9. The number of anilines is 2. The van der Waals surface area contributed by atoms with E-state index in [4.69, 9.17) is 4.74 Å². The Bertz CT molecular complexity index is 1280. The van der Waals surface area contributed by atoms with Crippen molar-refractivity contribution in [3.05, 3.63) is 54.6 Å². The van der Waals surface area contributed by atoms with Crippen molar-refractivity contribution in [2.24, 2.45) is 0 Å². The lowest BCUT2D eigenvalue weighted by atomic mass is 10.1. The molecule has 0 amide bonds. The van der Waals surface area contributed by atoms with E-state index in [1.54, 1.807) is 25.3 Å². The van der Waals surface area contributed by atoms with E-state index >= 15 is 0 Å². The van der Waals surface area contributed by atoms with Gasteiger partial charge in [-0.05, 0) is 30.3 Å². The maximum atomic E-state index is 13.1. The van der Waals surface area contributed by atoms with Crippen LogP contribution in [0.4, 0.5) is 10.8 Å². The van der Waals surface area contributed by atoms with Gasteiger partial charge in [-0.3, -0.25) is 4.72 Å². The number of benzene rings is 3. The molecule has 0 fully saturated rings. The number of hydrogen-bond acceptors (Lipinski definition) is 6. The average Bonchev–Trinajstić information content (AvgIpc) is 3.07. The zero-order valence-electron chi connectivity index (χ0n) is 15.6. The van der Waals surface area contributed by atoms with Crippen molar-refractivity contribution in [2.45, 2.75) is 4.90 Å². The molecule has 6 nitrogen and oxygen atoms in total. The molecular weight excluding hydrogens is 394 g/mol. The van der Waals surface area contributed by atoms with Crippen LogP contribution in [0.2, 0.25) is 0 Å². The summed E-state index contributed by atoms with van der Waals surface area (Å²) < 4.78 is 34.9. The minimum atomic E-state index is -3.80. The second-order valence-corrected chi connectivity index (χ2v) is 9.16. The van der Waals surface area contributed by atoms with Gasteiger partial charge in [-0.25, -0.2) is 13.4 Å². The quantitative estimate of drug-likeness (QED) is 0.527. The van der Waals surface area contributed by atoms with E-state index < -0.39 is 10.0 Å². The van der Waals surface area contributed by atoms with Gasteiger partial charge in [0.05, 0.1) is 22.2 Å². The summed E-state index contributed by atoms with van der Waals surface area (Å²) in [5, 5.41) is 1.87. The number of nitrogens with zero attached hydrogens (tertiary/aromatic N) is 2. The first kappa shape index (κ1) is 18.5. The number of nitrogens with one attached hydrogen (secondary N) is 1. The van der Waals surface area contributed by atoms with Crippen LogP contribution in [-0.4, -0.2) is 34.6 Å². The maximum Gasteiger partial charge on any atom is 0.264 e. The zero-order chi connectivity index (χ0) is 19.9. The summed E-state index contributed by atoms with van der Waals surface area (Å²) in [6.45, 7) is 0. The summed E-state index contributed by atoms with van der Waals surface area (Å²) in [5.74, 6) is 0.704. The van der Waals surface area contributed by atoms with Gasteiger partial charge in [0.25, 0.3) is 10.0 Å². The van der Waals surface area contributed by atoms with Crippen molar-refractivity contribution in [1.82, 2.24) is 4.98 Å². The molecule has 1 heterocycles. The lowest BCUT2D eigenvalue weighted by Crippen LogP contribution is -2.14. The summed E-state index contributed by atoms with van der Waals surface area (Å²) in [4.78, 5) is 6.58. The lowest BCUT2D eigenvalue weighted by molar-refractivity contribution is 0.415. The molecule has 0 unspecified atom stereocenters. The number of thiazole rings is 1. The molecule has 0 aliphatic heterocycles. The minimum Gasteiger partial charge on any atom is -0.497 e. The summed E-state index contributed by atoms with van der Waals surface area (Å²) in [6.07, 6.45) is 0. The third-order valence-corrected chi connectivity index (χ3v) is 6.91. The maximum absolute atomic E-state index is 13.1. The largest absolute Gasteiger partial charge is 0.497 e. The molecule has 144 valence electrons. The molecule has 3 aromatic carbocycles. The van der Waals surface area contributed by atoms with Gasteiger partial charge in [0.15, 0.2) is 5.13 Å². The normalized spacial score (nSPS) is 11.7. The van der Waals surface area contributed by atoms with Gasteiger partial charge in [0.1, 0.15) is 5.75 Å². The van der Waals surface area contributed by atoms with Gasteiger partial charge in [-0.2, -0.15) is 0 Å². The molecule has 0 saturated carbocycles. The van der Waals surface area contributed by atoms with Crippen molar-refractivity contribution in [2.75, 3.05) is 30.8 Å². The Morgan fingerprint density at radius 1 is 1.04 bits per heavy atom. The number of fused-ring (bicyclic) bond motifs is 2. The van der Waals surface area contributed by atoms with Crippen LogP contribution in [-0.2, 0) is 10.0 Å². The molecule has 0 aliphatic carbocycles. The van der Waals surface area contributed by atoms with Gasteiger partial charge in [0, 0.05) is 30.6 Å². The molecule has 0 radical (unpaired) electrons. The highest BCUT2D eigenvalue weighted by atomic mass is 32.2. The molecule has 4 rings (SSSR count). The molecule has 4 aromatic rings. The summed E-state index contributed by atoms with van der Waals surface area (Å²) >= 11 is 1.27. The topological polar surface area (TPSA) is 71.5 Å². The van der Waals surface area contributed by atoms with E-state index in [0.29, 0.717) is 16.3 Å². The fourth-order valence-corrected chi connectivity index (χ4v) is 5.49. The Hall–Kier alpha value is -2.84. The van der Waals surface area contributed by atoms with Gasteiger partial charge in [-0.1, -0.05) is 35.6 Å². The number of hydrogen-bond donors (Lipinski definition) is 1. The predicted molar refractivity (Wildman–Crippen MR) is 115 cm³/mol. The lowest BCUT2D eigenvalue weighted by Gasteiger charge is -2.17. The average molecular weight is 414 g/mol. The number of methoxy groups -OCH3 is 1. The van der Waals surface area contributed by atoms with Crippen molar-refractivity contribution < 1.29 is 13.2 Å². The van der Waals surface area contributed by atoms with Crippen LogP contribution in [0.25, 0.3) is 21.0 Å². The Morgan fingerprint density at radius 3 is 2.54 bits per heavy atom. The Balaban J connectivity index is 1.78. The van der Waals surface area contributed by atoms with Crippen LogP contribution in [0.1, 0.15) is 0 Å². The molecular formula is C20H19N3O3S2. The van der Waals surface area contributed by atoms with Crippen molar-refractivity contribution >= 4 is 53.2 Å². The molecule has 0 aliphatic rings. The molecule has 1 aromatic heterocycles. The third-order valence-electron chi connectivity index (χ3n) is 4.45. The molecule has 0 bridgehead atoms. The van der Waals surface area contributed by atoms with Crippen molar-refractivity contribution in [1.29, 1.82) is 0 Å². The van der Waals surface area contributed by atoms with Crippen LogP contribution in [0.15, 0.2) is 59.5 Å². The predicted octanol–water partition coefficient (Wildman–Crippen LogP) is 4.32. The van der Waals surface area contributed by atoms with E-state index in [1.807, 2.05) is 55.4 Å². The zero-order valence-corrected chi connectivity index (χ0v) is 17.3. The van der Waals surface area contributed by atoms with Crippen LogP contribution in [0.3, 0.4) is 0 Å². The van der Waals surface area contributed by atoms with E-state index in [-0.39, 0.29) is 4.90 Å². The second kappa shape index (κ2) is 6.96. The Labute approximate surface area is 167 Å². The molecule has 0 atom stereocenters. The van der Waals surface area contributed by atoms with Gasteiger partial charge >= 0.3 is 0 Å². The molecule has 0 saturated heterocycles. The second-order valence-electron chi connectivity index (χ2n) is 6.48. The highest BCUT2D eigenvalue weighted by Crippen LogP contribution is 2.33. The highest BCUT2D eigenvalue weighted by Gasteiger charge is 2.20. The molecule has 1 N–H and O–H groups in total. The van der Waals surface area contributed by atoms with Gasteiger partial charge in [-0.15, -0.1) is 0 Å². The van der Waals surface area contributed by atoms with Crippen LogP contribution >= 0.6 is 11.3 Å². The van der Waals surface area contributed by atoms with E-state index in [9.17, 15) is 8.42 Å². The van der Waals surface area contributed by atoms with E-state index in [2.05, 4.69) is 9.71 Å². The van der Waals surface area contributed by atoms with Gasteiger partial charge < -0.3 is 9.64 Å². The summed E-state index contributed by atoms with van der Waals surface area (Å²) in [7, 11) is 1.66. The fourth-order valence-electron chi connectivity index (χ4n) is 3.13. The first-order chi connectivity index (χ1) is 13.4. The van der Waals surface area contributed by atoms with E-state index in [1.165, 1.54) is 11.3 Å². The van der Waals surface area contributed by atoms with Gasteiger partial charge in [0.2, 0.25) is 0 Å². The van der Waals surface area contributed by atoms with Crippen molar-refractivity contribution in [3.8, 4) is 5.75 Å². The monoisotopic (exact) mass is 413 g/mol. The van der Waals surface area contributed by atoms with E-state index in [0.717, 1.165) is 21.3 Å². The Morgan fingerprint density at radius 2 is 1.79 bits per heavy atom. The minimum absolute atomic E-state index is 0.227. The molecule has 28 heavy (non-hydrogen) atoms. The van der Waals surface area contributed by atoms with Crippen LogP contribution in [0, 0.1) is 0 Å².